The van der Waals surface area contributed by atoms with E-state index in [0.717, 1.165) is 0 Å². The first-order valence-electron chi connectivity index (χ1n) is 10.4. The van der Waals surface area contributed by atoms with Gasteiger partial charge in [0.1, 0.15) is 11.5 Å². The highest BCUT2D eigenvalue weighted by atomic mass is 35.5. The van der Waals surface area contributed by atoms with Crippen LogP contribution in [-0.4, -0.2) is 31.1 Å². The Hall–Kier alpha value is -3.78. The van der Waals surface area contributed by atoms with Crippen molar-refractivity contribution in [2.45, 2.75) is 25.4 Å². The van der Waals surface area contributed by atoms with Gasteiger partial charge in [-0.25, -0.2) is 9.37 Å². The van der Waals surface area contributed by atoms with Crippen LogP contribution in [0.3, 0.4) is 0 Å². The summed E-state index contributed by atoms with van der Waals surface area (Å²) in [6.07, 6.45) is 7.27. The van der Waals surface area contributed by atoms with Gasteiger partial charge in [0.15, 0.2) is 5.65 Å². The van der Waals surface area contributed by atoms with E-state index in [1.807, 2.05) is 0 Å². The normalized spacial score (nSPS) is 14.9. The van der Waals surface area contributed by atoms with Crippen molar-refractivity contribution in [1.82, 2.24) is 19.3 Å². The zero-order chi connectivity index (χ0) is 23.1. The van der Waals surface area contributed by atoms with E-state index in [0.29, 0.717) is 46.4 Å². The number of imidazole rings is 1. The first kappa shape index (κ1) is 21.1. The topological polar surface area (TPSA) is 93.6 Å². The minimum Gasteiger partial charge on any atom is -0.366 e. The van der Waals surface area contributed by atoms with Gasteiger partial charge in [0, 0.05) is 29.5 Å². The molecule has 1 atom stereocenters. The van der Waals surface area contributed by atoms with E-state index in [1.165, 1.54) is 12.3 Å². The number of hydrogen-bond donors (Lipinski definition) is 1. The molecule has 5 rings (SSSR count). The van der Waals surface area contributed by atoms with Gasteiger partial charge in [-0.1, -0.05) is 29.8 Å². The number of nitrogens with zero attached hydrogens (tertiary/aromatic N) is 4. The summed E-state index contributed by atoms with van der Waals surface area (Å²) in [7, 11) is 0. The number of rotatable bonds is 5. The van der Waals surface area contributed by atoms with Gasteiger partial charge in [0.05, 0.1) is 18.4 Å². The van der Waals surface area contributed by atoms with E-state index < -0.39 is 11.9 Å². The van der Waals surface area contributed by atoms with Gasteiger partial charge in [-0.05, 0) is 47.7 Å². The number of amides is 2. The monoisotopic (exact) mass is 463 g/mol. The molecule has 2 amide bonds. The zero-order valence-corrected chi connectivity index (χ0v) is 18.2. The molecule has 2 aromatic carbocycles. The van der Waals surface area contributed by atoms with Crippen LogP contribution in [0.2, 0.25) is 5.02 Å². The second-order valence-electron chi connectivity index (χ2n) is 7.91. The number of nitrogens with two attached hydrogens (primary N) is 1. The van der Waals surface area contributed by atoms with Crippen molar-refractivity contribution >= 4 is 29.1 Å². The fourth-order valence-electron chi connectivity index (χ4n) is 4.50. The molecule has 2 N–H and O–H groups in total. The smallest absolute Gasteiger partial charge is 0.273 e. The molecule has 1 aliphatic rings. The quantitative estimate of drug-likeness (QED) is 0.485. The maximum atomic E-state index is 14.6. The number of hydrogen-bond acceptors (Lipinski definition) is 4. The van der Waals surface area contributed by atoms with Gasteiger partial charge in [-0.2, -0.15) is 0 Å². The number of carbonyl (C=O) groups is 2. The Kier molecular flexibility index (Phi) is 5.30. The lowest BCUT2D eigenvalue weighted by atomic mass is 10.0. The van der Waals surface area contributed by atoms with Crippen molar-refractivity contribution in [1.29, 1.82) is 0 Å². The molecule has 2 heterocycles. The molecular weight excluding hydrogens is 445 g/mol. The third-order valence-corrected chi connectivity index (χ3v) is 6.24. The van der Waals surface area contributed by atoms with E-state index in [2.05, 4.69) is 9.97 Å². The van der Waals surface area contributed by atoms with Gasteiger partial charge in [-0.15, -0.1) is 0 Å². The molecule has 0 saturated heterocycles. The molecule has 33 heavy (non-hydrogen) atoms. The fraction of sp³-hybridized carbons (Fsp3) is 0.167. The molecule has 0 radical (unpaired) electrons. The molecule has 166 valence electrons. The lowest BCUT2D eigenvalue weighted by Crippen LogP contribution is -2.35. The van der Waals surface area contributed by atoms with Gasteiger partial charge >= 0.3 is 0 Å². The van der Waals surface area contributed by atoms with E-state index in [9.17, 15) is 14.0 Å². The molecule has 0 aliphatic heterocycles. The highest BCUT2D eigenvalue weighted by molar-refractivity contribution is 6.30. The van der Waals surface area contributed by atoms with E-state index in [-0.39, 0.29) is 23.3 Å². The third kappa shape index (κ3) is 3.72. The number of halogens is 2. The third-order valence-electron chi connectivity index (χ3n) is 6.02. The van der Waals surface area contributed by atoms with Crippen LogP contribution < -0.4 is 5.73 Å². The minimum atomic E-state index is -0.584. The molecule has 9 heteroatoms. The highest BCUT2D eigenvalue weighted by Crippen LogP contribution is 2.40. The van der Waals surface area contributed by atoms with Crippen molar-refractivity contribution in [3.8, 4) is 0 Å². The van der Waals surface area contributed by atoms with Crippen molar-refractivity contribution < 1.29 is 14.0 Å². The van der Waals surface area contributed by atoms with Crippen molar-refractivity contribution in [2.75, 3.05) is 0 Å². The fourth-order valence-corrected chi connectivity index (χ4v) is 4.71. The van der Waals surface area contributed by atoms with Crippen LogP contribution in [-0.2, 0) is 13.0 Å². The van der Waals surface area contributed by atoms with Gasteiger partial charge < -0.3 is 10.6 Å². The molecule has 7 nitrogen and oxygen atoms in total. The second kappa shape index (κ2) is 8.29. The molecule has 0 spiro atoms. The lowest BCUT2D eigenvalue weighted by molar-refractivity contribution is 0.0649. The summed E-state index contributed by atoms with van der Waals surface area (Å²) in [6.45, 7) is 0.106. The largest absolute Gasteiger partial charge is 0.366 e. The van der Waals surface area contributed by atoms with Crippen LogP contribution in [0.5, 0.6) is 0 Å². The lowest BCUT2D eigenvalue weighted by Gasteiger charge is -2.30. The van der Waals surface area contributed by atoms with Crippen LogP contribution in [0.25, 0.3) is 5.65 Å². The Morgan fingerprint density at radius 1 is 1.24 bits per heavy atom. The molecule has 0 saturated carbocycles. The molecule has 4 aromatic rings. The van der Waals surface area contributed by atoms with Crippen molar-refractivity contribution in [3.05, 3.63) is 100.0 Å². The molecule has 0 fully saturated rings. The summed E-state index contributed by atoms with van der Waals surface area (Å²) in [5, 5.41) is 0.268. The molecule has 0 bridgehead atoms. The van der Waals surface area contributed by atoms with E-state index in [4.69, 9.17) is 17.3 Å². The standard InChI is InChI=1S/C24H19ClFN5O2/c25-15-9-18-17(19(26)10-15)5-6-20(18)31(13-14-3-1-2-4-16(14)23(27)32)24(33)21-11-29-22-12-28-7-8-30(21)22/h1-4,7-12,20H,5-6,13H2,(H2,27,32)/t20-/m1/s1. The summed E-state index contributed by atoms with van der Waals surface area (Å²) in [4.78, 5) is 35.8. The van der Waals surface area contributed by atoms with Crippen LogP contribution in [0, 0.1) is 5.82 Å². The summed E-state index contributed by atoms with van der Waals surface area (Å²) in [6, 6.07) is 9.43. The summed E-state index contributed by atoms with van der Waals surface area (Å²) in [5.74, 6) is -1.28. The minimum absolute atomic E-state index is 0.106. The van der Waals surface area contributed by atoms with Crippen LogP contribution in [0.1, 0.15) is 50.0 Å². The van der Waals surface area contributed by atoms with E-state index >= 15 is 0 Å². The molecular formula is C24H19ClFN5O2. The molecule has 0 unspecified atom stereocenters. The average Bonchev–Trinajstić information content (AvgIpc) is 3.42. The first-order valence-corrected chi connectivity index (χ1v) is 10.8. The van der Waals surface area contributed by atoms with Crippen molar-refractivity contribution in [2.24, 2.45) is 5.73 Å². The average molecular weight is 464 g/mol. The van der Waals surface area contributed by atoms with Crippen LogP contribution >= 0.6 is 11.6 Å². The predicted molar refractivity (Wildman–Crippen MR) is 120 cm³/mol. The van der Waals surface area contributed by atoms with Gasteiger partial charge in [-0.3, -0.25) is 19.0 Å². The number of aromatic nitrogens is 3. The zero-order valence-electron chi connectivity index (χ0n) is 17.4. The Balaban J connectivity index is 1.63. The van der Waals surface area contributed by atoms with Crippen LogP contribution in [0.4, 0.5) is 4.39 Å². The Bertz CT molecular complexity index is 1400. The molecule has 1 aliphatic carbocycles. The van der Waals surface area contributed by atoms with Crippen molar-refractivity contribution in [3.63, 3.8) is 0 Å². The Morgan fingerprint density at radius 2 is 2.06 bits per heavy atom. The molecule has 2 aromatic heterocycles. The van der Waals surface area contributed by atoms with Crippen LogP contribution in [0.15, 0.2) is 61.2 Å². The summed E-state index contributed by atoms with van der Waals surface area (Å²) in [5.41, 5.74) is 8.58. The second-order valence-corrected chi connectivity index (χ2v) is 8.35. The summed E-state index contributed by atoms with van der Waals surface area (Å²) < 4.78 is 16.2. The van der Waals surface area contributed by atoms with Gasteiger partial charge in [0.25, 0.3) is 5.91 Å². The van der Waals surface area contributed by atoms with E-state index in [1.54, 1.807) is 58.2 Å². The maximum absolute atomic E-state index is 14.6. The predicted octanol–water partition coefficient (Wildman–Crippen LogP) is 3.95. The number of carbonyl (C=O) groups excluding carboxylic acids is 2. The summed E-state index contributed by atoms with van der Waals surface area (Å²) >= 11 is 6.16. The SMILES string of the molecule is NC(=O)c1ccccc1CN(C(=O)c1cnc2cnccn12)[C@@H]1CCc2c(F)cc(Cl)cc21. The van der Waals surface area contributed by atoms with Gasteiger partial charge in [0.2, 0.25) is 5.91 Å². The first-order chi connectivity index (χ1) is 15.9. The number of primary amides is 1. The highest BCUT2D eigenvalue weighted by Gasteiger charge is 2.35. The Labute approximate surface area is 193 Å². The number of fused-ring (bicyclic) bond motifs is 2. The number of benzene rings is 2. The maximum Gasteiger partial charge on any atom is 0.273 e. The Morgan fingerprint density at radius 3 is 2.88 bits per heavy atom.